The van der Waals surface area contributed by atoms with Gasteiger partial charge < -0.3 is 34.4 Å². The number of ether oxygens (including phenoxy) is 2. The van der Waals surface area contributed by atoms with Crippen LogP contribution < -0.4 is 18.9 Å². The first-order valence-electron chi connectivity index (χ1n) is 15.5. The zero-order chi connectivity index (χ0) is 31.4. The number of carbonyl (C=O) groups excluding carboxylic acids is 2. The summed E-state index contributed by atoms with van der Waals surface area (Å²) in [6.45, 7) is 4.47. The molecule has 2 saturated heterocycles. The lowest BCUT2D eigenvalue weighted by atomic mass is 9.83. The van der Waals surface area contributed by atoms with Crippen LogP contribution in [-0.2, 0) is 23.2 Å². The van der Waals surface area contributed by atoms with Crippen LogP contribution in [0.1, 0.15) is 49.7 Å². The number of anilines is 1. The van der Waals surface area contributed by atoms with Crippen LogP contribution in [0.4, 0.5) is 10.5 Å². The van der Waals surface area contributed by atoms with Crippen LogP contribution in [0.25, 0.3) is 0 Å². The number of carbonyl (C=O) groups is 3. The lowest BCUT2D eigenvalue weighted by Crippen LogP contribution is -2.50. The minimum atomic E-state index is -0.960. The van der Waals surface area contributed by atoms with Gasteiger partial charge in [-0.3, -0.25) is 14.5 Å². The Balaban J connectivity index is 1.46. The van der Waals surface area contributed by atoms with E-state index >= 15 is 0 Å². The summed E-state index contributed by atoms with van der Waals surface area (Å²) in [4.78, 5) is 47.1. The van der Waals surface area contributed by atoms with E-state index in [2.05, 4.69) is 6.92 Å². The van der Waals surface area contributed by atoms with Gasteiger partial charge in [0.1, 0.15) is 12.7 Å². The molecule has 2 fully saturated rings. The van der Waals surface area contributed by atoms with Gasteiger partial charge in [0.15, 0.2) is 23.9 Å². The van der Waals surface area contributed by atoms with Crippen molar-refractivity contribution < 1.29 is 38.6 Å². The molecule has 3 atom stereocenters. The van der Waals surface area contributed by atoms with Gasteiger partial charge in [-0.25, -0.2) is 9.36 Å². The molecule has 0 saturated carbocycles. The molecule has 2 aromatic rings. The average molecular weight is 611 g/mol. The average Bonchev–Trinajstić information content (AvgIpc) is 3.62. The first kappa shape index (κ1) is 31.5. The van der Waals surface area contributed by atoms with Crippen molar-refractivity contribution in [2.45, 2.75) is 51.2 Å². The largest absolute Gasteiger partial charge is 0.481 e. The fourth-order valence-corrected chi connectivity index (χ4v) is 6.76. The third kappa shape index (κ3) is 6.61. The number of unbranched alkanes of at least 4 members (excludes halogenated alkanes) is 1. The maximum absolute atomic E-state index is 14.0. The number of amides is 3. The molecule has 3 amide bonds. The topological polar surface area (TPSA) is 127 Å². The van der Waals surface area contributed by atoms with Crippen molar-refractivity contribution in [1.82, 2.24) is 14.7 Å². The van der Waals surface area contributed by atoms with Gasteiger partial charge in [0.05, 0.1) is 19.1 Å². The number of carboxylic acid groups (broad SMARTS) is 1. The van der Waals surface area contributed by atoms with Gasteiger partial charge in [0.25, 0.3) is 0 Å². The summed E-state index contributed by atoms with van der Waals surface area (Å²) in [5, 5.41) is 20.7. The number of likely N-dealkylation sites (tertiary alicyclic amines) is 1. The number of carboxylic acids is 1. The number of aliphatic hydroxyl groups is 1. The molecule has 1 aromatic carbocycles. The maximum atomic E-state index is 14.0. The van der Waals surface area contributed by atoms with E-state index in [0.717, 1.165) is 30.5 Å². The van der Waals surface area contributed by atoms with Crippen molar-refractivity contribution in [3.05, 3.63) is 47.8 Å². The number of pyridine rings is 1. The van der Waals surface area contributed by atoms with Gasteiger partial charge >= 0.3 is 12.0 Å². The van der Waals surface area contributed by atoms with Crippen LogP contribution in [0.15, 0.2) is 36.7 Å². The number of hydrogen-bond donors (Lipinski definition) is 2. The first-order chi connectivity index (χ1) is 21.2. The Morgan fingerprint density at radius 3 is 2.75 bits per heavy atom. The number of hydrogen-bond acceptors (Lipinski definition) is 7. The predicted molar refractivity (Wildman–Crippen MR) is 161 cm³/mol. The molecule has 12 heteroatoms. The zero-order valence-electron chi connectivity index (χ0n) is 25.9. The summed E-state index contributed by atoms with van der Waals surface area (Å²) in [6.07, 6.45) is 6.85. The number of aliphatic hydroxyl groups excluding tert-OH is 1. The number of fused-ring (bicyclic) bond motifs is 1. The Labute approximate surface area is 258 Å². The first-order valence-corrected chi connectivity index (χ1v) is 15.5. The minimum absolute atomic E-state index is 0.0330. The van der Waals surface area contributed by atoms with Gasteiger partial charge in [-0.2, -0.15) is 0 Å². The fraction of sp³-hybridized carbons (Fsp3) is 0.562. The molecule has 4 heterocycles. The molecule has 0 bridgehead atoms. The smallest absolute Gasteiger partial charge is 0.319 e. The Morgan fingerprint density at radius 2 is 2.02 bits per heavy atom. The zero-order valence-corrected chi connectivity index (χ0v) is 25.9. The lowest BCUT2D eigenvalue weighted by Gasteiger charge is -2.35. The van der Waals surface area contributed by atoms with E-state index in [9.17, 15) is 24.6 Å². The molecule has 238 valence electrons. The van der Waals surface area contributed by atoms with E-state index in [-0.39, 0.29) is 31.9 Å². The third-order valence-electron chi connectivity index (χ3n) is 9.03. The standard InChI is InChI=1S/C32H43N5O7/c1-4-5-13-37(24-8-6-10-33(2)17-24)28(39)19-36-18-25(22-15-23(20-38)30-27(16-22)43-21-44-30)29(31(40)41)26(36)9-14-35-12-7-11-34(3)32(35)42/h6,8,10,15-17,25-26,29,38H,4-5,7,9,11-14,18-21H2,1-3H3/p+1/t25-,26+,29-/m1/s1. The number of benzene rings is 1. The normalized spacial score (nSPS) is 21.6. The predicted octanol–water partition coefficient (Wildman–Crippen LogP) is 2.18. The molecule has 0 spiro atoms. The third-order valence-corrected chi connectivity index (χ3v) is 9.03. The molecule has 0 aliphatic carbocycles. The second kappa shape index (κ2) is 13.8. The van der Waals surface area contributed by atoms with Crippen LogP contribution in [0.2, 0.25) is 0 Å². The van der Waals surface area contributed by atoms with E-state index in [1.165, 1.54) is 0 Å². The van der Waals surface area contributed by atoms with E-state index < -0.39 is 23.8 Å². The number of aromatic nitrogens is 1. The van der Waals surface area contributed by atoms with Gasteiger partial charge in [-0.05, 0) is 43.0 Å². The molecule has 3 aliphatic rings. The fourth-order valence-electron chi connectivity index (χ4n) is 6.76. The molecule has 44 heavy (non-hydrogen) atoms. The Hall–Kier alpha value is -3.90. The van der Waals surface area contributed by atoms with Crippen molar-refractivity contribution in [2.75, 3.05) is 58.0 Å². The highest BCUT2D eigenvalue weighted by molar-refractivity contribution is 5.94. The van der Waals surface area contributed by atoms with Gasteiger partial charge in [0, 0.05) is 63.4 Å². The molecule has 3 aliphatic heterocycles. The summed E-state index contributed by atoms with van der Waals surface area (Å²) < 4.78 is 13.1. The second-order valence-electron chi connectivity index (χ2n) is 12.0. The number of aryl methyl sites for hydroxylation is 1. The molecular formula is C32H44N5O7+. The van der Waals surface area contributed by atoms with Gasteiger partial charge in [-0.15, -0.1) is 0 Å². The van der Waals surface area contributed by atoms with Crippen LogP contribution in [0.3, 0.4) is 0 Å². The Kier molecular flexibility index (Phi) is 9.90. The highest BCUT2D eigenvalue weighted by Crippen LogP contribution is 2.44. The van der Waals surface area contributed by atoms with Crippen LogP contribution >= 0.6 is 0 Å². The molecule has 5 rings (SSSR count). The van der Waals surface area contributed by atoms with Crippen molar-refractivity contribution >= 4 is 23.6 Å². The molecule has 12 nitrogen and oxygen atoms in total. The Bertz CT molecular complexity index is 1370. The van der Waals surface area contributed by atoms with Crippen molar-refractivity contribution in [1.29, 1.82) is 0 Å². The van der Waals surface area contributed by atoms with Crippen molar-refractivity contribution in [2.24, 2.45) is 13.0 Å². The molecule has 0 unspecified atom stereocenters. The molecule has 2 N–H and O–H groups in total. The quantitative estimate of drug-likeness (QED) is 0.351. The van der Waals surface area contributed by atoms with Gasteiger partial charge in [-0.1, -0.05) is 13.3 Å². The van der Waals surface area contributed by atoms with Crippen LogP contribution in [-0.4, -0.2) is 102 Å². The second-order valence-corrected chi connectivity index (χ2v) is 12.0. The number of rotatable bonds is 12. The molecule has 0 radical (unpaired) electrons. The monoisotopic (exact) mass is 610 g/mol. The van der Waals surface area contributed by atoms with E-state index in [1.807, 2.05) is 41.0 Å². The minimum Gasteiger partial charge on any atom is -0.481 e. The maximum Gasteiger partial charge on any atom is 0.319 e. The van der Waals surface area contributed by atoms with Crippen LogP contribution in [0.5, 0.6) is 11.5 Å². The van der Waals surface area contributed by atoms with Crippen molar-refractivity contribution in [3.8, 4) is 11.5 Å². The summed E-state index contributed by atoms with van der Waals surface area (Å²) in [5.41, 5.74) is 2.05. The molecule has 1 aromatic heterocycles. The van der Waals surface area contributed by atoms with Gasteiger partial charge in [0.2, 0.25) is 12.7 Å². The highest BCUT2D eigenvalue weighted by Gasteiger charge is 2.48. The highest BCUT2D eigenvalue weighted by atomic mass is 16.7. The summed E-state index contributed by atoms with van der Waals surface area (Å²) >= 11 is 0. The number of nitrogens with zero attached hydrogens (tertiary/aromatic N) is 5. The van der Waals surface area contributed by atoms with E-state index in [4.69, 9.17) is 9.47 Å². The summed E-state index contributed by atoms with van der Waals surface area (Å²) in [5.74, 6) is -1.42. The summed E-state index contributed by atoms with van der Waals surface area (Å²) in [6, 6.07) is 6.85. The SMILES string of the molecule is CCCCN(C(=O)CN1C[C@H](c2cc(CO)c3c(c2)OCO3)[C@@H](C(=O)O)[C@@H]1CCN1CCCN(C)C1=O)c1ccc[n+](C)c1. The number of urea groups is 1. The molecular weight excluding hydrogens is 566 g/mol. The lowest BCUT2D eigenvalue weighted by molar-refractivity contribution is -0.670. The number of aliphatic carboxylic acids is 1. The van der Waals surface area contributed by atoms with E-state index in [0.29, 0.717) is 56.2 Å². The van der Waals surface area contributed by atoms with Crippen LogP contribution in [0, 0.1) is 5.92 Å². The summed E-state index contributed by atoms with van der Waals surface area (Å²) in [7, 11) is 3.69. The Morgan fingerprint density at radius 1 is 1.20 bits per heavy atom. The van der Waals surface area contributed by atoms with Crippen molar-refractivity contribution in [3.63, 3.8) is 0 Å². The van der Waals surface area contributed by atoms with E-state index in [1.54, 1.807) is 33.9 Å².